The first-order valence-electron chi connectivity index (χ1n) is 11.6. The Labute approximate surface area is 196 Å². The van der Waals surface area contributed by atoms with Gasteiger partial charge in [0.15, 0.2) is 5.82 Å². The number of aromatic nitrogens is 2. The van der Waals surface area contributed by atoms with Crippen LogP contribution >= 0.6 is 0 Å². The molecular weight excluding hydrogens is 412 g/mol. The fourth-order valence-corrected chi connectivity index (χ4v) is 4.43. The maximum Gasteiger partial charge on any atom is 0.263 e. The van der Waals surface area contributed by atoms with Crippen molar-refractivity contribution in [1.29, 1.82) is 0 Å². The van der Waals surface area contributed by atoms with Gasteiger partial charge in [-0.25, -0.2) is 9.97 Å². The molecule has 1 N–H and O–H groups in total. The van der Waals surface area contributed by atoms with E-state index in [9.17, 15) is 4.79 Å². The van der Waals surface area contributed by atoms with E-state index in [4.69, 9.17) is 4.74 Å². The van der Waals surface area contributed by atoms with Crippen LogP contribution in [0.3, 0.4) is 0 Å². The highest BCUT2D eigenvalue weighted by Crippen LogP contribution is 2.31. The van der Waals surface area contributed by atoms with Crippen LogP contribution in [0.2, 0.25) is 0 Å². The van der Waals surface area contributed by atoms with Crippen molar-refractivity contribution in [3.63, 3.8) is 0 Å². The molecule has 2 aromatic carbocycles. The van der Waals surface area contributed by atoms with Gasteiger partial charge in [0.05, 0.1) is 12.0 Å². The molecule has 2 atom stereocenters. The number of piperidine rings is 1. The summed E-state index contributed by atoms with van der Waals surface area (Å²) in [6.07, 6.45) is 5.07. The Morgan fingerprint density at radius 3 is 2.55 bits per heavy atom. The third-order valence-corrected chi connectivity index (χ3v) is 6.22. The van der Waals surface area contributed by atoms with E-state index in [0.29, 0.717) is 18.2 Å². The predicted octanol–water partition coefficient (Wildman–Crippen LogP) is 5.29. The highest BCUT2D eigenvalue weighted by molar-refractivity contribution is 5.80. The number of hydrogen-bond acceptors (Lipinski definition) is 5. The smallest absolute Gasteiger partial charge is 0.263 e. The standard InChI is InChI=1S/C27H32N4O2/c1-18-7-10-23(11-8-18)33-27-25(28-13-14-29-27)31-15-5-6-22(17-31)26(32)30-21(4)24-12-9-19(2)16-20(24)3/h7-14,16,21-22H,5-6,15,17H2,1-4H3,(H,30,32)/t21-,22+/m1/s1. The summed E-state index contributed by atoms with van der Waals surface area (Å²) in [5, 5.41) is 3.23. The molecule has 6 nitrogen and oxygen atoms in total. The topological polar surface area (TPSA) is 67.4 Å². The molecule has 6 heteroatoms. The molecule has 4 rings (SSSR count). The van der Waals surface area contributed by atoms with Crippen LogP contribution in [-0.4, -0.2) is 29.0 Å². The SMILES string of the molecule is Cc1ccc(Oc2nccnc2N2CCC[C@H](C(=O)N[C@H](C)c3ccc(C)cc3C)C2)cc1. The monoisotopic (exact) mass is 444 g/mol. The average Bonchev–Trinajstić information content (AvgIpc) is 2.81. The largest absolute Gasteiger partial charge is 0.436 e. The molecule has 0 saturated carbocycles. The van der Waals surface area contributed by atoms with Gasteiger partial charge in [-0.05, 0) is 63.8 Å². The number of anilines is 1. The minimum absolute atomic E-state index is 0.0366. The Balaban J connectivity index is 1.45. The van der Waals surface area contributed by atoms with E-state index in [0.717, 1.165) is 30.7 Å². The molecule has 0 aliphatic carbocycles. The van der Waals surface area contributed by atoms with Gasteiger partial charge in [-0.3, -0.25) is 4.79 Å². The number of nitrogens with one attached hydrogen (secondary N) is 1. The lowest BCUT2D eigenvalue weighted by atomic mass is 9.95. The lowest BCUT2D eigenvalue weighted by Gasteiger charge is -2.33. The van der Waals surface area contributed by atoms with E-state index in [-0.39, 0.29) is 17.9 Å². The first-order valence-corrected chi connectivity index (χ1v) is 11.6. The molecule has 3 aromatic rings. The average molecular weight is 445 g/mol. The minimum atomic E-state index is -0.110. The number of amides is 1. The summed E-state index contributed by atoms with van der Waals surface area (Å²) in [6.45, 7) is 9.68. The summed E-state index contributed by atoms with van der Waals surface area (Å²) in [5.74, 6) is 1.83. The maximum absolute atomic E-state index is 13.1. The van der Waals surface area contributed by atoms with Crippen molar-refractivity contribution in [3.8, 4) is 11.6 Å². The highest BCUT2D eigenvalue weighted by atomic mass is 16.5. The minimum Gasteiger partial charge on any atom is -0.436 e. The van der Waals surface area contributed by atoms with Crippen molar-refractivity contribution in [1.82, 2.24) is 15.3 Å². The molecule has 172 valence electrons. The molecule has 1 aliphatic rings. The van der Waals surface area contributed by atoms with Crippen molar-refractivity contribution >= 4 is 11.7 Å². The van der Waals surface area contributed by atoms with Crippen molar-refractivity contribution in [2.45, 2.75) is 46.6 Å². The van der Waals surface area contributed by atoms with Crippen molar-refractivity contribution in [2.75, 3.05) is 18.0 Å². The Bertz CT molecular complexity index is 1110. The second kappa shape index (κ2) is 10.0. The summed E-state index contributed by atoms with van der Waals surface area (Å²) in [5.41, 5.74) is 4.75. The molecule has 1 aliphatic heterocycles. The number of ether oxygens (including phenoxy) is 1. The Morgan fingerprint density at radius 2 is 1.79 bits per heavy atom. The predicted molar refractivity (Wildman–Crippen MR) is 131 cm³/mol. The Hall–Kier alpha value is -3.41. The molecule has 1 fully saturated rings. The van der Waals surface area contributed by atoms with Crippen LogP contribution in [0.5, 0.6) is 11.6 Å². The van der Waals surface area contributed by atoms with Gasteiger partial charge in [-0.15, -0.1) is 0 Å². The molecule has 0 spiro atoms. The second-order valence-corrected chi connectivity index (χ2v) is 8.98. The van der Waals surface area contributed by atoms with E-state index >= 15 is 0 Å². The van der Waals surface area contributed by atoms with Crippen LogP contribution in [0.1, 0.15) is 48.1 Å². The number of benzene rings is 2. The van der Waals surface area contributed by atoms with Gasteiger partial charge in [-0.1, -0.05) is 41.5 Å². The van der Waals surface area contributed by atoms with E-state index in [1.165, 1.54) is 16.7 Å². The molecule has 0 bridgehead atoms. The second-order valence-electron chi connectivity index (χ2n) is 8.98. The summed E-state index contributed by atoms with van der Waals surface area (Å²) in [6, 6.07) is 14.2. The zero-order valence-corrected chi connectivity index (χ0v) is 19.8. The molecule has 1 saturated heterocycles. The summed E-state index contributed by atoms with van der Waals surface area (Å²) >= 11 is 0. The highest BCUT2D eigenvalue weighted by Gasteiger charge is 2.29. The maximum atomic E-state index is 13.1. The fourth-order valence-electron chi connectivity index (χ4n) is 4.43. The summed E-state index contributed by atoms with van der Waals surface area (Å²) in [7, 11) is 0. The normalized spacial score (nSPS) is 16.8. The number of nitrogens with zero attached hydrogens (tertiary/aromatic N) is 3. The first kappa shape index (κ1) is 22.8. The lowest BCUT2D eigenvalue weighted by Crippen LogP contribution is -2.44. The fraction of sp³-hybridized carbons (Fsp3) is 0.370. The molecular formula is C27H32N4O2. The van der Waals surface area contributed by atoms with Crippen LogP contribution in [0.4, 0.5) is 5.82 Å². The first-order chi connectivity index (χ1) is 15.9. The van der Waals surface area contributed by atoms with Gasteiger partial charge >= 0.3 is 0 Å². The molecule has 0 radical (unpaired) electrons. The quantitative estimate of drug-likeness (QED) is 0.560. The lowest BCUT2D eigenvalue weighted by molar-refractivity contribution is -0.125. The third-order valence-electron chi connectivity index (χ3n) is 6.22. The zero-order chi connectivity index (χ0) is 23.4. The molecule has 0 unspecified atom stereocenters. The van der Waals surface area contributed by atoms with Gasteiger partial charge in [0.25, 0.3) is 5.88 Å². The molecule has 33 heavy (non-hydrogen) atoms. The number of hydrogen-bond donors (Lipinski definition) is 1. The van der Waals surface area contributed by atoms with Crippen LogP contribution < -0.4 is 15.0 Å². The van der Waals surface area contributed by atoms with Crippen LogP contribution in [0.25, 0.3) is 0 Å². The van der Waals surface area contributed by atoms with Gasteiger partial charge in [0.1, 0.15) is 5.75 Å². The van der Waals surface area contributed by atoms with Crippen molar-refractivity contribution in [2.24, 2.45) is 5.92 Å². The van der Waals surface area contributed by atoms with E-state index in [2.05, 4.69) is 52.2 Å². The third kappa shape index (κ3) is 5.51. The molecule has 1 aromatic heterocycles. The number of carbonyl (C=O) groups excluding carboxylic acids is 1. The summed E-state index contributed by atoms with van der Waals surface area (Å²) < 4.78 is 6.04. The van der Waals surface area contributed by atoms with Crippen LogP contribution in [0, 0.1) is 26.7 Å². The van der Waals surface area contributed by atoms with E-state index in [1.807, 2.05) is 38.1 Å². The van der Waals surface area contributed by atoms with Gasteiger partial charge < -0.3 is 15.0 Å². The van der Waals surface area contributed by atoms with Crippen LogP contribution in [-0.2, 0) is 4.79 Å². The zero-order valence-electron chi connectivity index (χ0n) is 19.8. The van der Waals surface area contributed by atoms with Gasteiger partial charge in [0.2, 0.25) is 5.91 Å². The number of rotatable bonds is 6. The molecule has 1 amide bonds. The van der Waals surface area contributed by atoms with E-state index < -0.39 is 0 Å². The Morgan fingerprint density at radius 1 is 1.06 bits per heavy atom. The number of carbonyl (C=O) groups is 1. The summed E-state index contributed by atoms with van der Waals surface area (Å²) in [4.78, 5) is 24.2. The van der Waals surface area contributed by atoms with Gasteiger partial charge in [-0.2, -0.15) is 0 Å². The Kier molecular flexibility index (Phi) is 6.92. The molecule has 2 heterocycles. The van der Waals surface area contributed by atoms with Gasteiger partial charge in [0, 0.05) is 25.5 Å². The van der Waals surface area contributed by atoms with Crippen molar-refractivity contribution in [3.05, 3.63) is 77.1 Å². The van der Waals surface area contributed by atoms with Crippen LogP contribution in [0.15, 0.2) is 54.9 Å². The number of aryl methyl sites for hydroxylation is 3. The van der Waals surface area contributed by atoms with Crippen molar-refractivity contribution < 1.29 is 9.53 Å². The van der Waals surface area contributed by atoms with E-state index in [1.54, 1.807) is 12.4 Å².